The molecule has 6 nitrogen and oxygen atoms in total. The van der Waals surface area contributed by atoms with Crippen molar-refractivity contribution in [3.63, 3.8) is 0 Å². The van der Waals surface area contributed by atoms with E-state index in [9.17, 15) is 4.79 Å². The Morgan fingerprint density at radius 1 is 1.38 bits per heavy atom. The highest BCUT2D eigenvalue weighted by Crippen LogP contribution is 2.41. The van der Waals surface area contributed by atoms with Gasteiger partial charge in [0.05, 0.1) is 12.2 Å². The molecular formula is C18H21N3O3. The number of para-hydroxylation sites is 1. The van der Waals surface area contributed by atoms with Gasteiger partial charge in [0.25, 0.3) is 5.91 Å². The highest BCUT2D eigenvalue weighted by Gasteiger charge is 2.32. The number of benzene rings is 1. The predicted molar refractivity (Wildman–Crippen MR) is 89.0 cm³/mol. The number of carbonyl (C=O) groups is 1. The number of aryl methyl sites for hydroxylation is 1. The summed E-state index contributed by atoms with van der Waals surface area (Å²) < 4.78 is 11.6. The number of carbonyl (C=O) groups excluding carboxylic acids is 1. The van der Waals surface area contributed by atoms with E-state index in [1.165, 1.54) is 6.33 Å². The number of nitrogens with one attached hydrogen (secondary N) is 1. The van der Waals surface area contributed by atoms with Gasteiger partial charge in [-0.05, 0) is 32.9 Å². The predicted octanol–water partition coefficient (Wildman–Crippen LogP) is 2.19. The highest BCUT2D eigenvalue weighted by atomic mass is 16.5. The third-order valence-corrected chi connectivity index (χ3v) is 3.74. The molecule has 0 aliphatic carbocycles. The van der Waals surface area contributed by atoms with Crippen molar-refractivity contribution in [3.8, 4) is 11.5 Å². The second-order valence-electron chi connectivity index (χ2n) is 6.50. The van der Waals surface area contributed by atoms with Crippen molar-refractivity contribution in [2.24, 2.45) is 0 Å². The second-order valence-corrected chi connectivity index (χ2v) is 6.50. The number of nitrogens with zero attached hydrogens (tertiary/aromatic N) is 2. The monoisotopic (exact) mass is 327 g/mol. The molecule has 0 radical (unpaired) electrons. The van der Waals surface area contributed by atoms with Gasteiger partial charge < -0.3 is 14.8 Å². The smallest absolute Gasteiger partial charge is 0.258 e. The maximum absolute atomic E-state index is 12.0. The van der Waals surface area contributed by atoms with Crippen molar-refractivity contribution in [2.45, 2.75) is 39.3 Å². The van der Waals surface area contributed by atoms with Crippen LogP contribution in [-0.4, -0.2) is 28.1 Å². The summed E-state index contributed by atoms with van der Waals surface area (Å²) in [6, 6.07) is 7.59. The zero-order chi connectivity index (χ0) is 17.2. The van der Waals surface area contributed by atoms with Crippen LogP contribution in [0.5, 0.6) is 11.5 Å². The zero-order valence-corrected chi connectivity index (χ0v) is 14.1. The van der Waals surface area contributed by atoms with E-state index in [-0.39, 0.29) is 18.1 Å². The van der Waals surface area contributed by atoms with Crippen LogP contribution in [0.25, 0.3) is 0 Å². The Labute approximate surface area is 141 Å². The number of hydrogen-bond acceptors (Lipinski definition) is 5. The molecule has 0 unspecified atom stereocenters. The molecule has 1 N–H and O–H groups in total. The molecule has 2 heterocycles. The number of amides is 1. The second kappa shape index (κ2) is 6.47. The largest absolute Gasteiger partial charge is 0.483 e. The van der Waals surface area contributed by atoms with E-state index < -0.39 is 0 Å². The lowest BCUT2D eigenvalue weighted by Gasteiger charge is -2.18. The minimum absolute atomic E-state index is 0.0652. The fourth-order valence-corrected chi connectivity index (χ4v) is 2.69. The number of rotatable bonds is 5. The molecule has 126 valence electrons. The lowest BCUT2D eigenvalue weighted by Crippen LogP contribution is -2.29. The number of hydrogen-bond donors (Lipinski definition) is 1. The Morgan fingerprint density at radius 3 is 3.00 bits per heavy atom. The molecule has 1 aromatic heterocycles. The van der Waals surface area contributed by atoms with Gasteiger partial charge in [0.15, 0.2) is 18.1 Å². The lowest BCUT2D eigenvalue weighted by molar-refractivity contribution is -0.123. The average molecular weight is 327 g/mol. The van der Waals surface area contributed by atoms with Crippen LogP contribution >= 0.6 is 0 Å². The molecule has 0 bridgehead atoms. The molecule has 1 amide bonds. The molecule has 24 heavy (non-hydrogen) atoms. The molecule has 1 aliphatic rings. The van der Waals surface area contributed by atoms with Crippen LogP contribution < -0.4 is 14.8 Å². The standard InChI is InChI=1S/C18H21N3O3/c1-12-7-14(21-11-20-12)9-19-16(22)10-23-15-6-4-5-13-8-18(2,3)24-17(13)15/h4-7,11H,8-10H2,1-3H3,(H,19,22). The van der Waals surface area contributed by atoms with Crippen LogP contribution in [0.2, 0.25) is 0 Å². The summed E-state index contributed by atoms with van der Waals surface area (Å²) in [6.45, 7) is 6.24. The lowest BCUT2D eigenvalue weighted by atomic mass is 10.0. The molecule has 6 heteroatoms. The Bertz CT molecular complexity index is 759. The summed E-state index contributed by atoms with van der Waals surface area (Å²) in [5.41, 5.74) is 2.50. The summed E-state index contributed by atoms with van der Waals surface area (Å²) in [6.07, 6.45) is 2.32. The van der Waals surface area contributed by atoms with E-state index in [0.717, 1.165) is 29.1 Å². The van der Waals surface area contributed by atoms with Crippen molar-refractivity contribution in [1.29, 1.82) is 0 Å². The van der Waals surface area contributed by atoms with E-state index >= 15 is 0 Å². The van der Waals surface area contributed by atoms with E-state index in [0.29, 0.717) is 12.3 Å². The van der Waals surface area contributed by atoms with Crippen LogP contribution in [0.4, 0.5) is 0 Å². The number of ether oxygens (including phenoxy) is 2. The van der Waals surface area contributed by atoms with E-state index in [4.69, 9.17) is 9.47 Å². The van der Waals surface area contributed by atoms with E-state index in [1.54, 1.807) is 0 Å². The minimum Gasteiger partial charge on any atom is -0.483 e. The summed E-state index contributed by atoms with van der Waals surface area (Å²) in [5, 5.41) is 2.79. The Balaban J connectivity index is 1.55. The fourth-order valence-electron chi connectivity index (χ4n) is 2.69. The van der Waals surface area contributed by atoms with Gasteiger partial charge in [-0.15, -0.1) is 0 Å². The van der Waals surface area contributed by atoms with Gasteiger partial charge in [-0.25, -0.2) is 9.97 Å². The van der Waals surface area contributed by atoms with E-state index in [2.05, 4.69) is 15.3 Å². The molecule has 0 spiro atoms. The fraction of sp³-hybridized carbons (Fsp3) is 0.389. The average Bonchev–Trinajstić information content (AvgIpc) is 2.85. The summed E-state index contributed by atoms with van der Waals surface area (Å²) >= 11 is 0. The van der Waals surface area contributed by atoms with E-state index in [1.807, 2.05) is 45.0 Å². The van der Waals surface area contributed by atoms with Gasteiger partial charge in [-0.2, -0.15) is 0 Å². The Morgan fingerprint density at radius 2 is 2.21 bits per heavy atom. The molecule has 0 saturated heterocycles. The minimum atomic E-state index is -0.241. The summed E-state index contributed by atoms with van der Waals surface area (Å²) in [7, 11) is 0. The maximum atomic E-state index is 12.0. The first-order valence-electron chi connectivity index (χ1n) is 7.91. The molecule has 0 saturated carbocycles. The molecule has 3 rings (SSSR count). The van der Waals surface area contributed by atoms with Gasteiger partial charge in [-0.1, -0.05) is 12.1 Å². The maximum Gasteiger partial charge on any atom is 0.258 e. The molecule has 0 atom stereocenters. The third kappa shape index (κ3) is 3.82. The van der Waals surface area contributed by atoms with Crippen LogP contribution in [0.1, 0.15) is 30.8 Å². The third-order valence-electron chi connectivity index (χ3n) is 3.74. The highest BCUT2D eigenvalue weighted by molar-refractivity contribution is 5.77. The van der Waals surface area contributed by atoms with Crippen LogP contribution in [-0.2, 0) is 17.8 Å². The number of fused-ring (bicyclic) bond motifs is 1. The molecule has 2 aromatic rings. The molecule has 1 aromatic carbocycles. The summed E-state index contributed by atoms with van der Waals surface area (Å²) in [4.78, 5) is 20.1. The van der Waals surface area contributed by atoms with Crippen LogP contribution in [0, 0.1) is 6.92 Å². The van der Waals surface area contributed by atoms with Crippen molar-refractivity contribution >= 4 is 5.91 Å². The van der Waals surface area contributed by atoms with Gasteiger partial charge in [-0.3, -0.25) is 4.79 Å². The van der Waals surface area contributed by atoms with Gasteiger partial charge in [0.1, 0.15) is 11.9 Å². The van der Waals surface area contributed by atoms with Gasteiger partial charge in [0, 0.05) is 17.7 Å². The van der Waals surface area contributed by atoms with Crippen molar-refractivity contribution in [3.05, 3.63) is 47.5 Å². The summed E-state index contributed by atoms with van der Waals surface area (Å²) in [5.74, 6) is 1.13. The van der Waals surface area contributed by atoms with Crippen LogP contribution in [0.15, 0.2) is 30.6 Å². The SMILES string of the molecule is Cc1cc(CNC(=O)COc2cccc3c2OC(C)(C)C3)ncn1. The zero-order valence-electron chi connectivity index (χ0n) is 14.1. The Hall–Kier alpha value is -2.63. The first kappa shape index (κ1) is 16.2. The molecular weight excluding hydrogens is 306 g/mol. The van der Waals surface area contributed by atoms with Crippen LogP contribution in [0.3, 0.4) is 0 Å². The van der Waals surface area contributed by atoms with Crippen molar-refractivity contribution < 1.29 is 14.3 Å². The van der Waals surface area contributed by atoms with Crippen molar-refractivity contribution in [1.82, 2.24) is 15.3 Å². The topological polar surface area (TPSA) is 73.3 Å². The molecule has 1 aliphatic heterocycles. The quantitative estimate of drug-likeness (QED) is 0.911. The van der Waals surface area contributed by atoms with Gasteiger partial charge in [0.2, 0.25) is 0 Å². The van der Waals surface area contributed by atoms with Gasteiger partial charge >= 0.3 is 0 Å². The molecule has 0 fully saturated rings. The normalized spacial score (nSPS) is 14.6. The van der Waals surface area contributed by atoms with Crippen molar-refractivity contribution in [2.75, 3.05) is 6.61 Å². The number of aromatic nitrogens is 2. The Kier molecular flexibility index (Phi) is 4.38. The first-order valence-corrected chi connectivity index (χ1v) is 7.91. The first-order chi connectivity index (χ1) is 11.4.